The van der Waals surface area contributed by atoms with Crippen molar-refractivity contribution in [2.24, 2.45) is 5.73 Å². The van der Waals surface area contributed by atoms with E-state index in [1.165, 1.54) is 19.3 Å². The van der Waals surface area contributed by atoms with Gasteiger partial charge in [-0.1, -0.05) is 25.3 Å². The summed E-state index contributed by atoms with van der Waals surface area (Å²) in [5, 5.41) is 0. The molecule has 0 amide bonds. The predicted molar refractivity (Wildman–Crippen MR) is 77.1 cm³/mol. The minimum absolute atomic E-state index is 0.307. The second-order valence-electron chi connectivity index (χ2n) is 5.77. The van der Waals surface area contributed by atoms with Crippen LogP contribution in [0.5, 0.6) is 11.5 Å². The van der Waals surface area contributed by atoms with Crippen molar-refractivity contribution in [3.05, 3.63) is 23.3 Å². The first-order valence-electron chi connectivity index (χ1n) is 7.44. The van der Waals surface area contributed by atoms with Gasteiger partial charge in [0.25, 0.3) is 0 Å². The van der Waals surface area contributed by atoms with Crippen LogP contribution in [0.25, 0.3) is 0 Å². The van der Waals surface area contributed by atoms with E-state index in [9.17, 15) is 0 Å². The van der Waals surface area contributed by atoms with E-state index in [0.29, 0.717) is 19.8 Å². The molecule has 1 saturated carbocycles. The molecular formula is C16H23NO3. The van der Waals surface area contributed by atoms with Gasteiger partial charge in [-0.05, 0) is 24.5 Å². The second-order valence-corrected chi connectivity index (χ2v) is 5.77. The predicted octanol–water partition coefficient (Wildman–Crippen LogP) is 2.72. The first-order chi connectivity index (χ1) is 9.74. The van der Waals surface area contributed by atoms with Gasteiger partial charge in [0.1, 0.15) is 13.2 Å². The molecule has 0 aromatic heterocycles. The molecule has 110 valence electrons. The minimum Gasteiger partial charge on any atom is -0.486 e. The molecule has 1 aliphatic carbocycles. The summed E-state index contributed by atoms with van der Waals surface area (Å²) in [4.78, 5) is 0. The molecule has 0 radical (unpaired) electrons. The molecule has 2 aliphatic rings. The molecule has 4 nitrogen and oxygen atoms in total. The van der Waals surface area contributed by atoms with Crippen LogP contribution in [0.15, 0.2) is 12.1 Å². The molecular weight excluding hydrogens is 254 g/mol. The smallest absolute Gasteiger partial charge is 0.166 e. The molecule has 20 heavy (non-hydrogen) atoms. The third-order valence-electron chi connectivity index (χ3n) is 4.34. The Balaban J connectivity index is 2.09. The lowest BCUT2D eigenvalue weighted by Gasteiger charge is -2.37. The van der Waals surface area contributed by atoms with Crippen molar-refractivity contribution in [3.63, 3.8) is 0 Å². The fraction of sp³-hybridized carbons (Fsp3) is 0.625. The van der Waals surface area contributed by atoms with E-state index in [2.05, 4.69) is 6.07 Å². The van der Waals surface area contributed by atoms with Gasteiger partial charge in [-0.2, -0.15) is 0 Å². The van der Waals surface area contributed by atoms with Crippen molar-refractivity contribution >= 4 is 0 Å². The van der Waals surface area contributed by atoms with Gasteiger partial charge < -0.3 is 19.9 Å². The number of rotatable bonds is 3. The third-order valence-corrected chi connectivity index (χ3v) is 4.34. The Hall–Kier alpha value is -1.26. The molecule has 0 atom stereocenters. The summed E-state index contributed by atoms with van der Waals surface area (Å²) in [5.41, 5.74) is 8.67. The summed E-state index contributed by atoms with van der Waals surface area (Å²) in [6.45, 7) is 1.76. The van der Waals surface area contributed by atoms with Crippen LogP contribution < -0.4 is 15.2 Å². The average molecular weight is 277 g/mol. The first-order valence-corrected chi connectivity index (χ1v) is 7.44. The van der Waals surface area contributed by atoms with E-state index in [1.54, 1.807) is 7.11 Å². The Bertz CT molecular complexity index is 481. The van der Waals surface area contributed by atoms with Gasteiger partial charge in [-0.3, -0.25) is 0 Å². The van der Waals surface area contributed by atoms with Crippen LogP contribution in [0, 0.1) is 0 Å². The van der Waals surface area contributed by atoms with E-state index in [1.807, 2.05) is 6.07 Å². The number of nitrogens with two attached hydrogens (primary N) is 1. The maximum Gasteiger partial charge on any atom is 0.166 e. The van der Waals surface area contributed by atoms with Gasteiger partial charge in [-0.15, -0.1) is 0 Å². The summed E-state index contributed by atoms with van der Waals surface area (Å²) in [6.07, 6.45) is 5.62. The van der Waals surface area contributed by atoms with Gasteiger partial charge in [-0.25, -0.2) is 0 Å². The standard InChI is InChI=1S/C16H23NO3/c1-18-11-12-5-6-13-15(20-10-9-19-13)14(12)16(17)7-3-2-4-8-16/h5-6H,2-4,7-11,17H2,1H3. The lowest BCUT2D eigenvalue weighted by molar-refractivity contribution is 0.157. The van der Waals surface area contributed by atoms with E-state index in [4.69, 9.17) is 19.9 Å². The van der Waals surface area contributed by atoms with Crippen LogP contribution in [0.2, 0.25) is 0 Å². The van der Waals surface area contributed by atoms with Gasteiger partial charge >= 0.3 is 0 Å². The van der Waals surface area contributed by atoms with Gasteiger partial charge in [0.2, 0.25) is 0 Å². The number of hydrogen-bond acceptors (Lipinski definition) is 4. The van der Waals surface area contributed by atoms with Crippen LogP contribution in [-0.2, 0) is 16.9 Å². The number of benzene rings is 1. The highest BCUT2D eigenvalue weighted by molar-refractivity contribution is 5.54. The van der Waals surface area contributed by atoms with E-state index >= 15 is 0 Å². The maximum absolute atomic E-state index is 6.74. The molecule has 1 fully saturated rings. The fourth-order valence-electron chi connectivity index (χ4n) is 3.41. The number of methoxy groups -OCH3 is 1. The van der Waals surface area contributed by atoms with E-state index < -0.39 is 0 Å². The summed E-state index contributed by atoms with van der Waals surface area (Å²) in [7, 11) is 1.71. The molecule has 0 bridgehead atoms. The number of ether oxygens (including phenoxy) is 3. The van der Waals surface area contributed by atoms with Crippen molar-refractivity contribution in [1.29, 1.82) is 0 Å². The molecule has 2 N–H and O–H groups in total. The molecule has 1 aromatic carbocycles. The van der Waals surface area contributed by atoms with Crippen LogP contribution in [0.1, 0.15) is 43.2 Å². The average Bonchev–Trinajstić information content (AvgIpc) is 2.48. The highest BCUT2D eigenvalue weighted by Gasteiger charge is 2.36. The van der Waals surface area contributed by atoms with Crippen molar-refractivity contribution in [1.82, 2.24) is 0 Å². The van der Waals surface area contributed by atoms with Gasteiger partial charge in [0, 0.05) is 18.2 Å². The highest BCUT2D eigenvalue weighted by Crippen LogP contribution is 2.46. The lowest BCUT2D eigenvalue weighted by atomic mass is 9.75. The van der Waals surface area contributed by atoms with E-state index in [-0.39, 0.29) is 5.54 Å². The maximum atomic E-state index is 6.74. The van der Waals surface area contributed by atoms with Crippen LogP contribution in [-0.4, -0.2) is 20.3 Å². The summed E-state index contributed by atoms with van der Waals surface area (Å²) in [5.74, 6) is 1.66. The quantitative estimate of drug-likeness (QED) is 0.923. The van der Waals surface area contributed by atoms with Crippen molar-refractivity contribution < 1.29 is 14.2 Å². The van der Waals surface area contributed by atoms with Crippen LogP contribution >= 0.6 is 0 Å². The Morgan fingerprint density at radius 3 is 2.65 bits per heavy atom. The molecule has 0 saturated heterocycles. The molecule has 1 aromatic rings. The zero-order valence-electron chi connectivity index (χ0n) is 12.1. The molecule has 0 unspecified atom stereocenters. The Morgan fingerprint density at radius 1 is 1.15 bits per heavy atom. The Morgan fingerprint density at radius 2 is 1.90 bits per heavy atom. The van der Waals surface area contributed by atoms with Gasteiger partial charge in [0.15, 0.2) is 11.5 Å². The molecule has 3 rings (SSSR count). The Kier molecular flexibility index (Phi) is 3.85. The topological polar surface area (TPSA) is 53.7 Å². The third kappa shape index (κ3) is 2.38. The monoisotopic (exact) mass is 277 g/mol. The largest absolute Gasteiger partial charge is 0.486 e. The first kappa shape index (κ1) is 13.7. The summed E-state index contributed by atoms with van der Waals surface area (Å²) >= 11 is 0. The zero-order valence-corrected chi connectivity index (χ0v) is 12.1. The number of hydrogen-bond donors (Lipinski definition) is 1. The number of fused-ring (bicyclic) bond motifs is 1. The van der Waals surface area contributed by atoms with Crippen molar-refractivity contribution in [2.75, 3.05) is 20.3 Å². The second kappa shape index (κ2) is 5.62. The zero-order chi connectivity index (χ0) is 14.0. The van der Waals surface area contributed by atoms with Crippen LogP contribution in [0.4, 0.5) is 0 Å². The highest BCUT2D eigenvalue weighted by atomic mass is 16.6. The summed E-state index contributed by atoms with van der Waals surface area (Å²) < 4.78 is 17.0. The molecule has 1 aliphatic heterocycles. The normalized spacial score (nSPS) is 20.7. The van der Waals surface area contributed by atoms with Crippen molar-refractivity contribution in [3.8, 4) is 11.5 Å². The molecule has 1 heterocycles. The SMILES string of the molecule is COCc1ccc2c(c1C1(N)CCCCC1)OCCO2. The lowest BCUT2D eigenvalue weighted by Crippen LogP contribution is -2.40. The molecule has 0 spiro atoms. The Labute approximate surface area is 120 Å². The summed E-state index contributed by atoms with van der Waals surface area (Å²) in [6, 6.07) is 4.04. The minimum atomic E-state index is -0.307. The molecule has 4 heteroatoms. The van der Waals surface area contributed by atoms with Crippen molar-refractivity contribution in [2.45, 2.75) is 44.2 Å². The van der Waals surface area contributed by atoms with Crippen LogP contribution in [0.3, 0.4) is 0 Å². The fourth-order valence-corrected chi connectivity index (χ4v) is 3.41. The van der Waals surface area contributed by atoms with Gasteiger partial charge in [0.05, 0.1) is 6.61 Å². The van der Waals surface area contributed by atoms with E-state index in [0.717, 1.165) is 35.5 Å².